The van der Waals surface area contributed by atoms with Crippen LogP contribution in [0.15, 0.2) is 60.7 Å². The summed E-state index contributed by atoms with van der Waals surface area (Å²) in [7, 11) is 0. The zero-order valence-corrected chi connectivity index (χ0v) is 12.8. The van der Waals surface area contributed by atoms with Crippen LogP contribution in [-0.2, 0) is 6.54 Å². The van der Waals surface area contributed by atoms with Crippen LogP contribution in [0.25, 0.3) is 0 Å². The first-order valence-electron chi connectivity index (χ1n) is 7.36. The molecule has 0 saturated carbocycles. The molecule has 0 spiro atoms. The molecule has 2 N–H and O–H groups in total. The van der Waals surface area contributed by atoms with Crippen LogP contribution in [0.1, 0.15) is 11.3 Å². The molecule has 1 aromatic heterocycles. The fraction of sp³-hybridized carbons (Fsp3) is 0.111. The summed E-state index contributed by atoms with van der Waals surface area (Å²) in [5, 5.41) is 6.30. The number of nitrogens with one attached hydrogen (secondary N) is 2. The summed E-state index contributed by atoms with van der Waals surface area (Å²) in [6, 6.07) is 18.3. The van der Waals surface area contributed by atoms with Crippen molar-refractivity contribution in [2.75, 3.05) is 10.6 Å². The van der Waals surface area contributed by atoms with Gasteiger partial charge in [0.25, 0.3) is 0 Å². The first-order valence-corrected chi connectivity index (χ1v) is 7.36. The van der Waals surface area contributed by atoms with Gasteiger partial charge in [-0.05, 0) is 25.1 Å². The molecule has 0 unspecified atom stereocenters. The van der Waals surface area contributed by atoms with Crippen molar-refractivity contribution in [3.05, 3.63) is 77.7 Å². The Bertz CT molecular complexity index is 790. The molecule has 0 aliphatic heterocycles. The van der Waals surface area contributed by atoms with E-state index in [1.807, 2.05) is 43.3 Å². The van der Waals surface area contributed by atoms with E-state index in [2.05, 4.69) is 20.6 Å². The van der Waals surface area contributed by atoms with Crippen LogP contribution in [0.2, 0.25) is 0 Å². The molecular weight excluding hydrogens is 291 g/mol. The Hall–Kier alpha value is -2.95. The zero-order valence-electron chi connectivity index (χ0n) is 12.8. The van der Waals surface area contributed by atoms with Crippen LogP contribution in [0.3, 0.4) is 0 Å². The highest BCUT2D eigenvalue weighted by Crippen LogP contribution is 2.17. The van der Waals surface area contributed by atoms with E-state index in [9.17, 15) is 4.39 Å². The lowest BCUT2D eigenvalue weighted by molar-refractivity contribution is 0.612. The largest absolute Gasteiger partial charge is 0.350 e. The number of halogens is 1. The fourth-order valence-electron chi connectivity index (χ4n) is 2.20. The number of para-hydroxylation sites is 1. The van der Waals surface area contributed by atoms with Gasteiger partial charge in [-0.3, -0.25) is 0 Å². The van der Waals surface area contributed by atoms with E-state index in [0.717, 1.165) is 11.4 Å². The van der Waals surface area contributed by atoms with E-state index in [1.54, 1.807) is 18.2 Å². The van der Waals surface area contributed by atoms with Crippen LogP contribution >= 0.6 is 0 Å². The molecule has 2 aromatic carbocycles. The lowest BCUT2D eigenvalue weighted by Crippen LogP contribution is -2.07. The van der Waals surface area contributed by atoms with Gasteiger partial charge in [-0.15, -0.1) is 0 Å². The summed E-state index contributed by atoms with van der Waals surface area (Å²) in [4.78, 5) is 8.75. The van der Waals surface area contributed by atoms with E-state index in [4.69, 9.17) is 0 Å². The Morgan fingerprint density at radius 1 is 0.957 bits per heavy atom. The third-order valence-corrected chi connectivity index (χ3v) is 3.30. The molecule has 3 aromatic rings. The van der Waals surface area contributed by atoms with E-state index < -0.39 is 0 Å². The first kappa shape index (κ1) is 15.0. The van der Waals surface area contributed by atoms with Crippen molar-refractivity contribution in [3.63, 3.8) is 0 Å². The number of anilines is 3. The maximum atomic E-state index is 13.6. The van der Waals surface area contributed by atoms with Crippen LogP contribution in [-0.4, -0.2) is 9.97 Å². The number of hydrogen-bond acceptors (Lipinski definition) is 4. The number of benzene rings is 2. The third kappa shape index (κ3) is 4.03. The van der Waals surface area contributed by atoms with Gasteiger partial charge < -0.3 is 10.6 Å². The highest BCUT2D eigenvalue weighted by molar-refractivity contribution is 5.57. The van der Waals surface area contributed by atoms with Crippen LogP contribution < -0.4 is 10.6 Å². The zero-order chi connectivity index (χ0) is 16.1. The Balaban J connectivity index is 1.74. The maximum absolute atomic E-state index is 13.6. The Kier molecular flexibility index (Phi) is 4.47. The molecule has 4 nitrogen and oxygen atoms in total. The van der Waals surface area contributed by atoms with Crippen LogP contribution in [0.5, 0.6) is 0 Å². The minimum atomic E-state index is -0.240. The second-order valence-corrected chi connectivity index (χ2v) is 5.15. The first-order chi connectivity index (χ1) is 11.2. The van der Waals surface area contributed by atoms with Crippen molar-refractivity contribution < 1.29 is 4.39 Å². The van der Waals surface area contributed by atoms with E-state index >= 15 is 0 Å². The minimum absolute atomic E-state index is 0.240. The van der Waals surface area contributed by atoms with Crippen molar-refractivity contribution in [2.24, 2.45) is 0 Å². The van der Waals surface area contributed by atoms with Gasteiger partial charge in [0.1, 0.15) is 11.6 Å². The SMILES string of the molecule is Cc1cc(Nc2ccccc2)nc(NCc2ccccc2F)n1. The van der Waals surface area contributed by atoms with Gasteiger partial charge in [0.2, 0.25) is 5.95 Å². The van der Waals surface area contributed by atoms with E-state index in [0.29, 0.717) is 23.9 Å². The fourth-order valence-corrected chi connectivity index (χ4v) is 2.20. The summed E-state index contributed by atoms with van der Waals surface area (Å²) in [6.45, 7) is 2.23. The highest BCUT2D eigenvalue weighted by Gasteiger charge is 2.05. The average Bonchev–Trinajstić information content (AvgIpc) is 2.54. The van der Waals surface area contributed by atoms with Gasteiger partial charge in [0.15, 0.2) is 0 Å². The minimum Gasteiger partial charge on any atom is -0.350 e. The number of hydrogen-bond donors (Lipinski definition) is 2. The summed E-state index contributed by atoms with van der Waals surface area (Å²) in [5.74, 6) is 0.918. The molecule has 0 radical (unpaired) electrons. The van der Waals surface area contributed by atoms with Gasteiger partial charge in [0, 0.05) is 29.6 Å². The Morgan fingerprint density at radius 3 is 2.48 bits per heavy atom. The van der Waals surface area contributed by atoms with Crippen molar-refractivity contribution in [3.8, 4) is 0 Å². The summed E-state index contributed by atoms with van der Waals surface area (Å²) in [6.07, 6.45) is 0. The molecule has 1 heterocycles. The number of nitrogens with zero attached hydrogens (tertiary/aromatic N) is 2. The van der Waals surface area contributed by atoms with Crippen molar-refractivity contribution in [1.29, 1.82) is 0 Å². The molecule has 5 heteroatoms. The summed E-state index contributed by atoms with van der Waals surface area (Å²) >= 11 is 0. The molecule has 3 rings (SSSR count). The molecule has 0 aliphatic rings. The summed E-state index contributed by atoms with van der Waals surface area (Å²) < 4.78 is 13.6. The van der Waals surface area contributed by atoms with E-state index in [-0.39, 0.29) is 5.82 Å². The predicted molar refractivity (Wildman–Crippen MR) is 90.2 cm³/mol. The van der Waals surface area contributed by atoms with Gasteiger partial charge in [-0.2, -0.15) is 4.98 Å². The van der Waals surface area contributed by atoms with Crippen LogP contribution in [0.4, 0.5) is 21.8 Å². The van der Waals surface area contributed by atoms with Crippen molar-refractivity contribution in [2.45, 2.75) is 13.5 Å². The molecule has 23 heavy (non-hydrogen) atoms. The molecule has 0 fully saturated rings. The molecular formula is C18H17FN4. The predicted octanol–water partition coefficient (Wildman–Crippen LogP) is 4.28. The third-order valence-electron chi connectivity index (χ3n) is 3.30. The van der Waals surface area contributed by atoms with Crippen LogP contribution in [0, 0.1) is 12.7 Å². The topological polar surface area (TPSA) is 49.8 Å². The Labute approximate surface area is 134 Å². The molecule has 0 saturated heterocycles. The smallest absolute Gasteiger partial charge is 0.225 e. The Morgan fingerprint density at radius 2 is 1.70 bits per heavy atom. The second kappa shape index (κ2) is 6.87. The van der Waals surface area contributed by atoms with Gasteiger partial charge in [-0.25, -0.2) is 9.37 Å². The summed E-state index contributed by atoms with van der Waals surface area (Å²) in [5.41, 5.74) is 2.36. The standard InChI is InChI=1S/C18H17FN4/c1-13-11-17(22-15-8-3-2-4-9-15)23-18(21-13)20-12-14-7-5-6-10-16(14)19/h2-11H,12H2,1H3,(H2,20,21,22,23). The van der Waals surface area contributed by atoms with Gasteiger partial charge in [-0.1, -0.05) is 36.4 Å². The van der Waals surface area contributed by atoms with Crippen molar-refractivity contribution in [1.82, 2.24) is 9.97 Å². The highest BCUT2D eigenvalue weighted by atomic mass is 19.1. The lowest BCUT2D eigenvalue weighted by Gasteiger charge is -2.10. The molecule has 116 valence electrons. The molecule has 0 amide bonds. The maximum Gasteiger partial charge on any atom is 0.225 e. The quantitative estimate of drug-likeness (QED) is 0.738. The van der Waals surface area contributed by atoms with E-state index in [1.165, 1.54) is 6.07 Å². The monoisotopic (exact) mass is 308 g/mol. The second-order valence-electron chi connectivity index (χ2n) is 5.15. The number of aromatic nitrogens is 2. The van der Waals surface area contributed by atoms with Crippen molar-refractivity contribution >= 4 is 17.5 Å². The molecule has 0 atom stereocenters. The molecule has 0 bridgehead atoms. The average molecular weight is 308 g/mol. The normalized spacial score (nSPS) is 10.3. The van der Waals surface area contributed by atoms with Gasteiger partial charge >= 0.3 is 0 Å². The van der Waals surface area contributed by atoms with Gasteiger partial charge in [0.05, 0.1) is 0 Å². The lowest BCUT2D eigenvalue weighted by atomic mass is 10.2. The molecule has 0 aliphatic carbocycles. The number of rotatable bonds is 5. The number of aryl methyl sites for hydroxylation is 1.